The molecule has 0 bridgehead atoms. The van der Waals surface area contributed by atoms with E-state index in [-0.39, 0.29) is 6.04 Å². The van der Waals surface area contributed by atoms with Crippen LogP contribution in [-0.2, 0) is 13.5 Å². The molecule has 5 nitrogen and oxygen atoms in total. The molecule has 0 unspecified atom stereocenters. The largest absolute Gasteiger partial charge is 0.337 e. The fraction of sp³-hybridized carbons (Fsp3) is 0.304. The topological polar surface area (TPSA) is 46.0 Å². The van der Waals surface area contributed by atoms with Crippen LogP contribution in [0.5, 0.6) is 0 Å². The Labute approximate surface area is 176 Å². The van der Waals surface area contributed by atoms with Gasteiger partial charge >= 0.3 is 0 Å². The molecule has 5 rings (SSSR count). The molecule has 1 saturated heterocycles. The quantitative estimate of drug-likeness (QED) is 0.723. The summed E-state index contributed by atoms with van der Waals surface area (Å²) in [6, 6.07) is 10.6. The number of hydrogen-bond acceptors (Lipinski definition) is 4. The number of rotatable bonds is 3. The van der Waals surface area contributed by atoms with E-state index in [0.29, 0.717) is 0 Å². The zero-order chi connectivity index (χ0) is 19.8. The second-order valence-electron chi connectivity index (χ2n) is 7.74. The first-order chi connectivity index (χ1) is 14.2. The van der Waals surface area contributed by atoms with Crippen LogP contribution in [0.25, 0.3) is 11.6 Å². The average molecular weight is 406 g/mol. The lowest BCUT2D eigenvalue weighted by Crippen LogP contribution is -2.45. The molecular weight excluding hydrogens is 382 g/mol. The summed E-state index contributed by atoms with van der Waals surface area (Å²) in [6.45, 7) is 3.99. The lowest BCUT2D eigenvalue weighted by Gasteiger charge is -2.35. The van der Waals surface area contributed by atoms with Gasteiger partial charge in [0.2, 0.25) is 0 Å². The lowest BCUT2D eigenvalue weighted by molar-refractivity contribution is 0.195. The van der Waals surface area contributed by atoms with Gasteiger partial charge in [-0.05, 0) is 46.5 Å². The average Bonchev–Trinajstić information content (AvgIpc) is 3.09. The van der Waals surface area contributed by atoms with Gasteiger partial charge in [0, 0.05) is 62.8 Å². The first-order valence-electron chi connectivity index (χ1n) is 10.1. The highest BCUT2D eigenvalue weighted by Crippen LogP contribution is 2.41. The number of hydrogen-bond donors (Lipinski definition) is 1. The number of allylic oxidation sites excluding steroid dienone is 1. The molecule has 0 spiro atoms. The third-order valence-electron chi connectivity index (χ3n) is 5.92. The van der Waals surface area contributed by atoms with Crippen molar-refractivity contribution in [3.63, 3.8) is 0 Å². The maximum atomic E-state index is 6.47. The van der Waals surface area contributed by atoms with Crippen LogP contribution >= 0.6 is 11.6 Å². The van der Waals surface area contributed by atoms with Crippen LogP contribution in [0.2, 0.25) is 5.02 Å². The van der Waals surface area contributed by atoms with Gasteiger partial charge in [0.15, 0.2) is 0 Å². The first-order valence-corrected chi connectivity index (χ1v) is 10.4. The molecule has 6 heteroatoms. The van der Waals surface area contributed by atoms with E-state index >= 15 is 0 Å². The Morgan fingerprint density at radius 3 is 2.86 bits per heavy atom. The second-order valence-corrected chi connectivity index (χ2v) is 8.18. The number of pyridine rings is 1. The van der Waals surface area contributed by atoms with E-state index in [9.17, 15) is 0 Å². The van der Waals surface area contributed by atoms with E-state index < -0.39 is 0 Å². The highest BCUT2D eigenvalue weighted by molar-refractivity contribution is 6.30. The van der Waals surface area contributed by atoms with Crippen molar-refractivity contribution in [2.75, 3.05) is 26.2 Å². The van der Waals surface area contributed by atoms with Crippen molar-refractivity contribution in [2.45, 2.75) is 12.5 Å². The molecule has 148 valence electrons. The molecule has 3 aromatic rings. The Balaban J connectivity index is 1.70. The number of fused-ring (bicyclic) bond motifs is 2. The molecule has 1 aliphatic heterocycles. The third kappa shape index (κ3) is 3.50. The molecule has 1 fully saturated rings. The molecule has 0 amide bonds. The summed E-state index contributed by atoms with van der Waals surface area (Å²) >= 11 is 6.47. The highest BCUT2D eigenvalue weighted by atomic mass is 35.5. The number of nitrogens with one attached hydrogen (secondary N) is 1. The van der Waals surface area contributed by atoms with E-state index in [4.69, 9.17) is 16.6 Å². The van der Waals surface area contributed by atoms with E-state index in [0.717, 1.165) is 43.3 Å². The Bertz CT molecular complexity index is 1060. The van der Waals surface area contributed by atoms with E-state index in [1.54, 1.807) is 0 Å². The molecule has 0 saturated carbocycles. The summed E-state index contributed by atoms with van der Waals surface area (Å²) in [7, 11) is 2.04. The number of nitrogens with zero attached hydrogens (tertiary/aromatic N) is 4. The summed E-state index contributed by atoms with van der Waals surface area (Å²) in [5, 5.41) is 4.23. The van der Waals surface area contributed by atoms with Crippen molar-refractivity contribution in [3.8, 4) is 0 Å². The van der Waals surface area contributed by atoms with Crippen LogP contribution in [0.15, 0.2) is 49.1 Å². The Kier molecular flexibility index (Phi) is 4.96. The van der Waals surface area contributed by atoms with Gasteiger partial charge in [-0.1, -0.05) is 23.7 Å². The van der Waals surface area contributed by atoms with Crippen LogP contribution in [0.3, 0.4) is 0 Å². The normalized spacial score (nSPS) is 19.2. The van der Waals surface area contributed by atoms with Crippen molar-refractivity contribution >= 4 is 23.3 Å². The van der Waals surface area contributed by atoms with Crippen LogP contribution in [0.1, 0.15) is 34.1 Å². The molecule has 3 heterocycles. The van der Waals surface area contributed by atoms with Crippen LogP contribution in [0.4, 0.5) is 0 Å². The zero-order valence-electron chi connectivity index (χ0n) is 16.5. The standard InChI is InChI=1S/C23H24ClN5/c1-28-15-26-14-19(28)12-17-11-16-3-2-6-27-22(16)23(29-9-7-25-8-10-29)20-5-4-18(24)13-21(17)20/h2-6,11,13-15,23,25H,7-10,12H2,1H3/t23-/m0/s1. The fourth-order valence-electron chi connectivity index (χ4n) is 4.44. The lowest BCUT2D eigenvalue weighted by atomic mass is 9.92. The van der Waals surface area contributed by atoms with Crippen molar-refractivity contribution < 1.29 is 0 Å². The SMILES string of the molecule is Cn1cncc1CC1=Cc2cccnc2[C@@H](N2CCNCC2)c2ccc(Cl)cc21. The molecule has 1 aliphatic carbocycles. The van der Waals surface area contributed by atoms with Gasteiger partial charge in [-0.25, -0.2) is 4.98 Å². The number of piperazine rings is 1. The number of imidazole rings is 1. The van der Waals surface area contributed by atoms with E-state index in [1.807, 2.05) is 37.9 Å². The van der Waals surface area contributed by atoms with E-state index in [1.165, 1.54) is 28.0 Å². The molecule has 1 N–H and O–H groups in total. The molecule has 2 aromatic heterocycles. The van der Waals surface area contributed by atoms with Crippen molar-refractivity contribution in [1.82, 2.24) is 24.8 Å². The Morgan fingerprint density at radius 2 is 2.07 bits per heavy atom. The number of halogens is 1. The second kappa shape index (κ2) is 7.75. The van der Waals surface area contributed by atoms with Gasteiger partial charge in [-0.3, -0.25) is 9.88 Å². The predicted molar refractivity (Wildman–Crippen MR) is 117 cm³/mol. The maximum absolute atomic E-state index is 6.47. The summed E-state index contributed by atoms with van der Waals surface area (Å²) in [5.41, 5.74) is 7.21. The van der Waals surface area contributed by atoms with Gasteiger partial charge in [-0.2, -0.15) is 0 Å². The fourth-order valence-corrected chi connectivity index (χ4v) is 4.62. The van der Waals surface area contributed by atoms with Gasteiger partial charge in [-0.15, -0.1) is 0 Å². The van der Waals surface area contributed by atoms with Gasteiger partial charge in [0.1, 0.15) is 0 Å². The Hall–Kier alpha value is -2.47. The van der Waals surface area contributed by atoms with Crippen molar-refractivity contribution in [1.29, 1.82) is 0 Å². The van der Waals surface area contributed by atoms with Crippen LogP contribution in [0, 0.1) is 0 Å². The summed E-state index contributed by atoms with van der Waals surface area (Å²) < 4.78 is 2.08. The van der Waals surface area contributed by atoms with Crippen LogP contribution in [-0.4, -0.2) is 45.6 Å². The van der Waals surface area contributed by atoms with E-state index in [2.05, 4.69) is 44.0 Å². The van der Waals surface area contributed by atoms with Gasteiger partial charge < -0.3 is 9.88 Å². The minimum Gasteiger partial charge on any atom is -0.337 e. The number of aromatic nitrogens is 3. The van der Waals surface area contributed by atoms with Crippen molar-refractivity contribution in [3.05, 3.63) is 82.2 Å². The highest BCUT2D eigenvalue weighted by Gasteiger charge is 2.31. The zero-order valence-corrected chi connectivity index (χ0v) is 17.2. The monoisotopic (exact) mass is 405 g/mol. The molecule has 0 radical (unpaired) electrons. The minimum atomic E-state index is 0.126. The smallest absolute Gasteiger partial charge is 0.0945 e. The minimum absolute atomic E-state index is 0.126. The summed E-state index contributed by atoms with van der Waals surface area (Å²) in [4.78, 5) is 11.7. The Morgan fingerprint density at radius 1 is 1.21 bits per heavy atom. The molecular formula is C23H24ClN5. The molecule has 29 heavy (non-hydrogen) atoms. The number of aryl methyl sites for hydroxylation is 1. The third-order valence-corrected chi connectivity index (χ3v) is 6.16. The number of benzene rings is 1. The molecule has 2 aliphatic rings. The summed E-state index contributed by atoms with van der Waals surface area (Å²) in [6.07, 6.45) is 8.78. The predicted octanol–water partition coefficient (Wildman–Crippen LogP) is 3.56. The molecule has 1 aromatic carbocycles. The first kappa shape index (κ1) is 18.6. The maximum Gasteiger partial charge on any atom is 0.0945 e. The van der Waals surface area contributed by atoms with Gasteiger partial charge in [0.25, 0.3) is 0 Å². The van der Waals surface area contributed by atoms with Gasteiger partial charge in [0.05, 0.1) is 18.1 Å². The molecule has 1 atom stereocenters. The van der Waals surface area contributed by atoms with Crippen molar-refractivity contribution in [2.24, 2.45) is 7.05 Å². The van der Waals surface area contributed by atoms with Crippen LogP contribution < -0.4 is 5.32 Å². The summed E-state index contributed by atoms with van der Waals surface area (Å²) in [5.74, 6) is 0.